The summed E-state index contributed by atoms with van der Waals surface area (Å²) in [5.41, 5.74) is 2.44. The molecule has 0 amide bonds. The van der Waals surface area contributed by atoms with Crippen LogP contribution >= 0.6 is 0 Å². The van der Waals surface area contributed by atoms with Gasteiger partial charge in [0.05, 0.1) is 13.2 Å². The maximum absolute atomic E-state index is 6.16. The summed E-state index contributed by atoms with van der Waals surface area (Å²) in [6.07, 6.45) is 1.01. The molecular weight excluding hydrogens is 276 g/mol. The maximum atomic E-state index is 6.16. The van der Waals surface area contributed by atoms with Gasteiger partial charge in [-0.05, 0) is 32.4 Å². The van der Waals surface area contributed by atoms with Crippen molar-refractivity contribution in [2.45, 2.75) is 38.8 Å². The molecule has 0 radical (unpaired) electrons. The summed E-state index contributed by atoms with van der Waals surface area (Å²) in [5.74, 6) is 1.04. The standard InChI is InChI=1S/C18H28N2O2/c1-14-4-5-15-16(13-18(2,3)22-17(15)12-14)19-6-7-20-8-10-21-11-9-20/h4-5,12,16,19H,6-11,13H2,1-3H3. The third-order valence-corrected chi connectivity index (χ3v) is 4.55. The number of benzene rings is 1. The van der Waals surface area contributed by atoms with Gasteiger partial charge in [-0.2, -0.15) is 0 Å². The predicted molar refractivity (Wildman–Crippen MR) is 88.5 cm³/mol. The lowest BCUT2D eigenvalue weighted by Crippen LogP contribution is -2.43. The highest BCUT2D eigenvalue weighted by Gasteiger charge is 2.33. The van der Waals surface area contributed by atoms with E-state index < -0.39 is 0 Å². The molecule has 2 aliphatic heterocycles. The molecule has 0 saturated carbocycles. The fourth-order valence-electron chi connectivity index (χ4n) is 3.36. The van der Waals surface area contributed by atoms with Crippen LogP contribution in [0.3, 0.4) is 0 Å². The van der Waals surface area contributed by atoms with E-state index in [-0.39, 0.29) is 5.60 Å². The smallest absolute Gasteiger partial charge is 0.125 e. The van der Waals surface area contributed by atoms with Gasteiger partial charge in [0.15, 0.2) is 0 Å². The van der Waals surface area contributed by atoms with Gasteiger partial charge in [0.1, 0.15) is 11.4 Å². The van der Waals surface area contributed by atoms with Crippen molar-refractivity contribution in [2.75, 3.05) is 39.4 Å². The van der Waals surface area contributed by atoms with Gasteiger partial charge in [0.25, 0.3) is 0 Å². The molecule has 1 aromatic carbocycles. The average molecular weight is 304 g/mol. The van der Waals surface area contributed by atoms with Crippen molar-refractivity contribution >= 4 is 0 Å². The summed E-state index contributed by atoms with van der Waals surface area (Å²) in [5, 5.41) is 3.74. The summed E-state index contributed by atoms with van der Waals surface area (Å²) in [7, 11) is 0. The number of nitrogens with zero attached hydrogens (tertiary/aromatic N) is 1. The number of aryl methyl sites for hydroxylation is 1. The van der Waals surface area contributed by atoms with Crippen LogP contribution in [0.2, 0.25) is 0 Å². The van der Waals surface area contributed by atoms with Gasteiger partial charge in [0.2, 0.25) is 0 Å². The number of rotatable bonds is 4. The van der Waals surface area contributed by atoms with Gasteiger partial charge in [-0.15, -0.1) is 0 Å². The second-order valence-corrected chi connectivity index (χ2v) is 7.07. The molecule has 3 rings (SSSR count). The first-order chi connectivity index (χ1) is 10.5. The Morgan fingerprint density at radius 2 is 2.05 bits per heavy atom. The second kappa shape index (κ2) is 6.57. The normalized spacial score (nSPS) is 24.6. The highest BCUT2D eigenvalue weighted by molar-refractivity contribution is 5.41. The van der Waals surface area contributed by atoms with Crippen LogP contribution in [0.5, 0.6) is 5.75 Å². The molecule has 0 aromatic heterocycles. The topological polar surface area (TPSA) is 33.7 Å². The fourth-order valence-corrected chi connectivity index (χ4v) is 3.36. The summed E-state index contributed by atoms with van der Waals surface area (Å²) in [6.45, 7) is 12.4. The Hall–Kier alpha value is -1.10. The molecule has 0 aliphatic carbocycles. The van der Waals surface area contributed by atoms with Crippen molar-refractivity contribution < 1.29 is 9.47 Å². The SMILES string of the molecule is Cc1ccc2c(c1)OC(C)(C)CC2NCCN1CCOCC1. The highest BCUT2D eigenvalue weighted by atomic mass is 16.5. The van der Waals surface area contributed by atoms with Crippen LogP contribution in [0, 0.1) is 6.92 Å². The summed E-state index contributed by atoms with van der Waals surface area (Å²) in [4.78, 5) is 2.47. The van der Waals surface area contributed by atoms with Crippen LogP contribution in [0.25, 0.3) is 0 Å². The van der Waals surface area contributed by atoms with Gasteiger partial charge >= 0.3 is 0 Å². The van der Waals surface area contributed by atoms with E-state index in [0.29, 0.717) is 6.04 Å². The molecule has 1 atom stereocenters. The molecule has 1 saturated heterocycles. The maximum Gasteiger partial charge on any atom is 0.125 e. The zero-order valence-electron chi connectivity index (χ0n) is 14.0. The number of morpholine rings is 1. The minimum absolute atomic E-state index is 0.114. The third-order valence-electron chi connectivity index (χ3n) is 4.55. The van der Waals surface area contributed by atoms with E-state index in [1.807, 2.05) is 0 Å². The Kier molecular flexibility index (Phi) is 4.71. The Labute approximate surface area is 133 Å². The average Bonchev–Trinajstić information content (AvgIpc) is 2.46. The van der Waals surface area contributed by atoms with Crippen molar-refractivity contribution in [3.8, 4) is 5.75 Å². The van der Waals surface area contributed by atoms with Crippen molar-refractivity contribution in [3.05, 3.63) is 29.3 Å². The van der Waals surface area contributed by atoms with Crippen LogP contribution in [0.15, 0.2) is 18.2 Å². The summed E-state index contributed by atoms with van der Waals surface area (Å²) >= 11 is 0. The Bertz CT molecular complexity index is 510. The Morgan fingerprint density at radius 1 is 1.27 bits per heavy atom. The van der Waals surface area contributed by atoms with Crippen LogP contribution < -0.4 is 10.1 Å². The molecule has 0 bridgehead atoms. The van der Waals surface area contributed by atoms with Crippen molar-refractivity contribution in [3.63, 3.8) is 0 Å². The lowest BCUT2D eigenvalue weighted by Gasteiger charge is -2.38. The molecule has 22 heavy (non-hydrogen) atoms. The third kappa shape index (κ3) is 3.80. The van der Waals surface area contributed by atoms with E-state index in [1.165, 1.54) is 11.1 Å². The molecular formula is C18H28N2O2. The van der Waals surface area contributed by atoms with E-state index in [1.54, 1.807) is 0 Å². The van der Waals surface area contributed by atoms with E-state index in [0.717, 1.165) is 51.6 Å². The highest BCUT2D eigenvalue weighted by Crippen LogP contribution is 2.39. The van der Waals surface area contributed by atoms with Crippen LogP contribution in [0.1, 0.15) is 37.4 Å². The van der Waals surface area contributed by atoms with Crippen molar-refractivity contribution in [1.29, 1.82) is 0 Å². The van der Waals surface area contributed by atoms with Gasteiger partial charge in [-0.1, -0.05) is 12.1 Å². The summed E-state index contributed by atoms with van der Waals surface area (Å²) in [6, 6.07) is 6.93. The van der Waals surface area contributed by atoms with Gasteiger partial charge in [0, 0.05) is 44.2 Å². The number of hydrogen-bond acceptors (Lipinski definition) is 4. The molecule has 1 fully saturated rings. The zero-order valence-corrected chi connectivity index (χ0v) is 14.0. The molecule has 1 unspecified atom stereocenters. The second-order valence-electron chi connectivity index (χ2n) is 7.07. The van der Waals surface area contributed by atoms with Gasteiger partial charge in [-0.3, -0.25) is 4.90 Å². The van der Waals surface area contributed by atoms with E-state index in [4.69, 9.17) is 9.47 Å². The number of nitrogens with one attached hydrogen (secondary N) is 1. The number of fused-ring (bicyclic) bond motifs is 1. The van der Waals surface area contributed by atoms with Crippen LogP contribution in [-0.2, 0) is 4.74 Å². The molecule has 4 nitrogen and oxygen atoms in total. The first kappa shape index (κ1) is 15.8. The minimum Gasteiger partial charge on any atom is -0.487 e. The minimum atomic E-state index is -0.114. The van der Waals surface area contributed by atoms with Crippen LogP contribution in [-0.4, -0.2) is 49.9 Å². The van der Waals surface area contributed by atoms with Gasteiger partial charge < -0.3 is 14.8 Å². The zero-order chi connectivity index (χ0) is 15.6. The quantitative estimate of drug-likeness (QED) is 0.927. The lowest BCUT2D eigenvalue weighted by molar-refractivity contribution is 0.0363. The molecule has 0 spiro atoms. The molecule has 2 aliphatic rings. The molecule has 2 heterocycles. The number of ether oxygens (including phenoxy) is 2. The molecule has 4 heteroatoms. The number of hydrogen-bond donors (Lipinski definition) is 1. The molecule has 1 aromatic rings. The Balaban J connectivity index is 1.63. The van der Waals surface area contributed by atoms with Crippen LogP contribution in [0.4, 0.5) is 0 Å². The van der Waals surface area contributed by atoms with Crippen molar-refractivity contribution in [2.24, 2.45) is 0 Å². The monoisotopic (exact) mass is 304 g/mol. The van der Waals surface area contributed by atoms with Gasteiger partial charge in [-0.25, -0.2) is 0 Å². The molecule has 122 valence electrons. The fraction of sp³-hybridized carbons (Fsp3) is 0.667. The molecule has 1 N–H and O–H groups in total. The lowest BCUT2D eigenvalue weighted by atomic mass is 9.89. The summed E-state index contributed by atoms with van der Waals surface area (Å²) < 4.78 is 11.6. The predicted octanol–water partition coefficient (Wildman–Crippen LogP) is 2.52. The van der Waals surface area contributed by atoms with E-state index in [9.17, 15) is 0 Å². The Morgan fingerprint density at radius 3 is 2.82 bits per heavy atom. The first-order valence-corrected chi connectivity index (χ1v) is 8.37. The first-order valence-electron chi connectivity index (χ1n) is 8.37. The largest absolute Gasteiger partial charge is 0.487 e. The van der Waals surface area contributed by atoms with E-state index in [2.05, 4.69) is 49.2 Å². The van der Waals surface area contributed by atoms with Crippen molar-refractivity contribution in [1.82, 2.24) is 10.2 Å². The van der Waals surface area contributed by atoms with E-state index >= 15 is 0 Å².